The molecule has 0 fully saturated rings. The number of ketones is 1. The van der Waals surface area contributed by atoms with Crippen LogP contribution < -0.4 is 9.47 Å². The fraction of sp³-hybridized carbons (Fsp3) is 0.167. The van der Waals surface area contributed by atoms with Crippen LogP contribution in [0.5, 0.6) is 11.5 Å². The minimum atomic E-state index is -0.588. The van der Waals surface area contributed by atoms with Crippen LogP contribution in [0.4, 0.5) is 4.39 Å². The smallest absolute Gasteiger partial charge is 0.170 e. The highest BCUT2D eigenvalue weighted by atomic mass is 19.1. The summed E-state index contributed by atoms with van der Waals surface area (Å²) in [4.78, 5) is 12.1. The summed E-state index contributed by atoms with van der Waals surface area (Å²) in [6.45, 7) is 2.19. The zero-order chi connectivity index (χ0) is 20.4. The van der Waals surface area contributed by atoms with E-state index in [2.05, 4.69) is 6.07 Å². The topological polar surface area (TPSA) is 59.3 Å². The maximum atomic E-state index is 13.9. The Balaban J connectivity index is 1.76. The van der Waals surface area contributed by atoms with Gasteiger partial charge in [-0.1, -0.05) is 24.3 Å². The second kappa shape index (κ2) is 7.76. The van der Waals surface area contributed by atoms with Crippen LogP contribution in [0.25, 0.3) is 0 Å². The van der Waals surface area contributed by atoms with Crippen molar-refractivity contribution in [2.75, 3.05) is 6.61 Å². The molecular formula is C24H18FNO3. The van der Waals surface area contributed by atoms with Crippen molar-refractivity contribution in [2.24, 2.45) is 0 Å². The lowest BCUT2D eigenvalue weighted by molar-refractivity contribution is 0.0932. The van der Waals surface area contributed by atoms with Gasteiger partial charge in [-0.05, 0) is 54.4 Å². The van der Waals surface area contributed by atoms with Gasteiger partial charge in [0.1, 0.15) is 23.4 Å². The van der Waals surface area contributed by atoms with E-state index in [4.69, 9.17) is 14.7 Å². The van der Waals surface area contributed by atoms with E-state index < -0.39 is 6.10 Å². The van der Waals surface area contributed by atoms with Gasteiger partial charge in [-0.15, -0.1) is 0 Å². The molecule has 0 saturated heterocycles. The van der Waals surface area contributed by atoms with Gasteiger partial charge in [-0.3, -0.25) is 4.79 Å². The quantitative estimate of drug-likeness (QED) is 0.622. The first-order valence-corrected chi connectivity index (χ1v) is 9.28. The molecule has 1 heterocycles. The molecule has 29 heavy (non-hydrogen) atoms. The van der Waals surface area contributed by atoms with Gasteiger partial charge in [0.2, 0.25) is 0 Å². The number of nitriles is 1. The van der Waals surface area contributed by atoms with E-state index in [0.717, 1.165) is 11.1 Å². The van der Waals surface area contributed by atoms with E-state index in [1.165, 1.54) is 12.1 Å². The minimum Gasteiger partial charge on any atom is -0.492 e. The Morgan fingerprint density at radius 2 is 1.90 bits per heavy atom. The van der Waals surface area contributed by atoms with Gasteiger partial charge in [-0.2, -0.15) is 5.26 Å². The predicted octanol–water partition coefficient (Wildman–Crippen LogP) is 5.14. The number of rotatable bonds is 4. The molecule has 3 aromatic carbocycles. The Labute approximate surface area is 168 Å². The first-order valence-electron chi connectivity index (χ1n) is 9.28. The monoisotopic (exact) mass is 387 g/mol. The molecule has 1 aliphatic rings. The van der Waals surface area contributed by atoms with Crippen molar-refractivity contribution >= 4 is 5.78 Å². The zero-order valence-electron chi connectivity index (χ0n) is 15.8. The lowest BCUT2D eigenvalue weighted by Gasteiger charge is -2.24. The maximum Gasteiger partial charge on any atom is 0.170 e. The molecule has 1 aliphatic heterocycles. The van der Waals surface area contributed by atoms with Crippen LogP contribution in [-0.4, -0.2) is 12.4 Å². The van der Waals surface area contributed by atoms with Crippen LogP contribution in [0, 0.1) is 24.1 Å². The minimum absolute atomic E-state index is 0.0506. The number of carbonyl (C=O) groups excluding carboxylic acids is 1. The number of carbonyl (C=O) groups is 1. The van der Waals surface area contributed by atoms with Gasteiger partial charge >= 0.3 is 0 Å². The molecule has 0 spiro atoms. The summed E-state index contributed by atoms with van der Waals surface area (Å²) in [5, 5.41) is 9.05. The Bertz CT molecular complexity index is 1120. The van der Waals surface area contributed by atoms with Gasteiger partial charge in [-0.25, -0.2) is 4.39 Å². The summed E-state index contributed by atoms with van der Waals surface area (Å²) in [7, 11) is 0. The van der Waals surface area contributed by atoms with E-state index in [1.54, 1.807) is 48.5 Å². The Kier molecular flexibility index (Phi) is 5.01. The highest BCUT2D eigenvalue weighted by Crippen LogP contribution is 2.38. The van der Waals surface area contributed by atoms with Gasteiger partial charge in [0.15, 0.2) is 5.78 Å². The summed E-state index contributed by atoms with van der Waals surface area (Å²) in [5.74, 6) is 0.782. The Morgan fingerprint density at radius 3 is 2.62 bits per heavy atom. The molecule has 0 amide bonds. The van der Waals surface area contributed by atoms with Gasteiger partial charge in [0, 0.05) is 12.0 Å². The largest absolute Gasteiger partial charge is 0.492 e. The molecule has 144 valence electrons. The van der Waals surface area contributed by atoms with Crippen LogP contribution in [0.1, 0.15) is 45.1 Å². The lowest BCUT2D eigenvalue weighted by Crippen LogP contribution is -2.17. The number of ether oxygens (including phenoxy) is 2. The van der Waals surface area contributed by atoms with E-state index in [9.17, 15) is 9.18 Å². The van der Waals surface area contributed by atoms with Crippen LogP contribution in [0.15, 0.2) is 60.7 Å². The molecule has 4 rings (SSSR count). The number of Topliss-reactive ketones (excluding diaryl/α,β-unsaturated/α-hetero) is 1. The van der Waals surface area contributed by atoms with Crippen LogP contribution in [-0.2, 0) is 0 Å². The van der Waals surface area contributed by atoms with Crippen LogP contribution in [0.3, 0.4) is 0 Å². The second-order valence-electron chi connectivity index (χ2n) is 6.87. The molecule has 0 aliphatic carbocycles. The number of halogens is 1. The first-order chi connectivity index (χ1) is 14.1. The van der Waals surface area contributed by atoms with Crippen molar-refractivity contribution in [1.29, 1.82) is 5.26 Å². The molecule has 0 unspecified atom stereocenters. The zero-order valence-corrected chi connectivity index (χ0v) is 15.8. The van der Waals surface area contributed by atoms with E-state index >= 15 is 0 Å². The van der Waals surface area contributed by atoms with E-state index in [0.29, 0.717) is 41.2 Å². The normalized spacial score (nSPS) is 13.8. The Hall–Kier alpha value is -3.65. The lowest BCUT2D eigenvalue weighted by atomic mass is 9.99. The third kappa shape index (κ3) is 3.70. The Morgan fingerprint density at radius 1 is 1.10 bits per heavy atom. The molecule has 5 heteroatoms. The molecule has 4 nitrogen and oxygen atoms in total. The highest BCUT2D eigenvalue weighted by Gasteiger charge is 2.24. The molecule has 0 saturated carbocycles. The molecular weight excluding hydrogens is 369 g/mol. The van der Waals surface area contributed by atoms with Crippen LogP contribution in [0.2, 0.25) is 0 Å². The number of hydrogen-bond donors (Lipinski definition) is 0. The van der Waals surface area contributed by atoms with E-state index in [-0.39, 0.29) is 11.6 Å². The molecule has 0 bridgehead atoms. The van der Waals surface area contributed by atoms with Gasteiger partial charge < -0.3 is 9.47 Å². The average Bonchev–Trinajstić information content (AvgIpc) is 2.74. The van der Waals surface area contributed by atoms with Crippen LogP contribution >= 0.6 is 0 Å². The van der Waals surface area contributed by atoms with Crippen molar-refractivity contribution in [3.8, 4) is 17.6 Å². The summed E-state index contributed by atoms with van der Waals surface area (Å²) in [5.41, 5.74) is 3.24. The first kappa shape index (κ1) is 18.7. The SMILES string of the molecule is Cc1c(O[C@H](c2ccc(C#N)cc2)c2cccc(F)c2)ccc2c1OCCC2=O. The average molecular weight is 387 g/mol. The van der Waals surface area contributed by atoms with Gasteiger partial charge in [0.05, 0.1) is 23.8 Å². The van der Waals surface area contributed by atoms with Crippen molar-refractivity contribution < 1.29 is 18.7 Å². The molecule has 3 aromatic rings. The molecule has 0 radical (unpaired) electrons. The summed E-state index contributed by atoms with van der Waals surface area (Å²) >= 11 is 0. The number of nitrogens with zero attached hydrogens (tertiary/aromatic N) is 1. The number of hydrogen-bond acceptors (Lipinski definition) is 4. The number of fused-ring (bicyclic) bond motifs is 1. The standard InChI is InChI=1S/C24H18FNO3/c1-15-22(10-9-20-21(27)11-12-28-23(15)20)29-24(18-3-2-4-19(25)13-18)17-7-5-16(14-26)6-8-17/h2-10,13,24H,11-12H2,1H3/t24-/m1/s1. The fourth-order valence-corrected chi connectivity index (χ4v) is 3.44. The van der Waals surface area contributed by atoms with Crippen molar-refractivity contribution in [3.05, 3.63) is 94.3 Å². The maximum absolute atomic E-state index is 13.9. The highest BCUT2D eigenvalue weighted by molar-refractivity contribution is 6.00. The predicted molar refractivity (Wildman–Crippen MR) is 106 cm³/mol. The summed E-state index contributed by atoms with van der Waals surface area (Å²) in [6.07, 6.45) is -0.224. The molecule has 0 N–H and O–H groups in total. The molecule has 1 atom stereocenters. The third-order valence-corrected chi connectivity index (χ3v) is 4.97. The van der Waals surface area contributed by atoms with Crippen molar-refractivity contribution in [1.82, 2.24) is 0 Å². The fourth-order valence-electron chi connectivity index (χ4n) is 3.44. The van der Waals surface area contributed by atoms with E-state index in [1.807, 2.05) is 6.92 Å². The number of benzene rings is 3. The second-order valence-corrected chi connectivity index (χ2v) is 6.87. The summed E-state index contributed by atoms with van der Waals surface area (Å²) < 4.78 is 25.9. The molecule has 0 aromatic heterocycles. The van der Waals surface area contributed by atoms with Crippen molar-refractivity contribution in [3.63, 3.8) is 0 Å². The third-order valence-electron chi connectivity index (χ3n) is 4.97. The summed E-state index contributed by atoms with van der Waals surface area (Å²) in [6, 6.07) is 18.8. The van der Waals surface area contributed by atoms with Crippen molar-refractivity contribution in [2.45, 2.75) is 19.4 Å². The van der Waals surface area contributed by atoms with Gasteiger partial charge in [0.25, 0.3) is 0 Å².